The van der Waals surface area contributed by atoms with Crippen molar-refractivity contribution in [2.45, 2.75) is 52.0 Å². The predicted molar refractivity (Wildman–Crippen MR) is 106 cm³/mol. The molecule has 1 aliphatic heterocycles. The molecule has 29 heavy (non-hydrogen) atoms. The number of benzene rings is 2. The zero-order valence-corrected chi connectivity index (χ0v) is 16.6. The topological polar surface area (TPSA) is 8.17 Å². The standard InChI is InChI=1S/C23H24F4N2/c1-3-28-14-20-19-13-18(24)8-9-21(19)29(22(20)12-15(28)2)11-10-16-4-6-17(7-5-16)23(25,26)27/h4-9,13,15H,3,10-12,14H2,1-2H3. The van der Waals surface area contributed by atoms with Crippen LogP contribution in [0.25, 0.3) is 10.9 Å². The van der Waals surface area contributed by atoms with E-state index >= 15 is 0 Å². The highest BCUT2D eigenvalue weighted by Crippen LogP contribution is 2.34. The van der Waals surface area contributed by atoms with Crippen molar-refractivity contribution in [3.8, 4) is 0 Å². The lowest BCUT2D eigenvalue weighted by atomic mass is 9.99. The number of likely N-dealkylation sites (N-methyl/N-ethyl adjacent to an activating group) is 1. The maximum absolute atomic E-state index is 13.9. The molecule has 0 bridgehead atoms. The van der Waals surface area contributed by atoms with Crippen molar-refractivity contribution in [1.82, 2.24) is 9.47 Å². The van der Waals surface area contributed by atoms with Gasteiger partial charge in [-0.1, -0.05) is 19.1 Å². The van der Waals surface area contributed by atoms with E-state index in [0.29, 0.717) is 19.0 Å². The third-order valence-corrected chi connectivity index (χ3v) is 6.03. The van der Waals surface area contributed by atoms with Crippen molar-refractivity contribution in [3.05, 3.63) is 70.7 Å². The molecule has 0 N–H and O–H groups in total. The molecular formula is C23H24F4N2. The van der Waals surface area contributed by atoms with Gasteiger partial charge in [0, 0.05) is 42.1 Å². The Kier molecular flexibility index (Phi) is 5.15. The lowest BCUT2D eigenvalue weighted by molar-refractivity contribution is -0.137. The number of alkyl halides is 3. The number of hydrogen-bond acceptors (Lipinski definition) is 1. The Morgan fingerprint density at radius 1 is 1.07 bits per heavy atom. The first-order valence-electron chi connectivity index (χ1n) is 9.97. The van der Waals surface area contributed by atoms with Gasteiger partial charge < -0.3 is 4.57 Å². The highest BCUT2D eigenvalue weighted by molar-refractivity contribution is 5.86. The van der Waals surface area contributed by atoms with Crippen LogP contribution in [-0.4, -0.2) is 22.1 Å². The summed E-state index contributed by atoms with van der Waals surface area (Å²) in [5.74, 6) is -0.248. The minimum absolute atomic E-state index is 0.248. The maximum Gasteiger partial charge on any atom is 0.416 e. The summed E-state index contributed by atoms with van der Waals surface area (Å²) in [5.41, 5.74) is 3.61. The van der Waals surface area contributed by atoms with E-state index in [1.165, 1.54) is 17.3 Å². The molecule has 1 atom stereocenters. The first-order valence-corrected chi connectivity index (χ1v) is 9.97. The predicted octanol–water partition coefficient (Wildman–Crippen LogP) is 5.81. The van der Waals surface area contributed by atoms with E-state index < -0.39 is 11.7 Å². The van der Waals surface area contributed by atoms with Gasteiger partial charge >= 0.3 is 6.18 Å². The van der Waals surface area contributed by atoms with Crippen molar-refractivity contribution in [2.24, 2.45) is 0 Å². The average molecular weight is 404 g/mol. The Bertz CT molecular complexity index is 1020. The molecule has 4 rings (SSSR count). The fourth-order valence-corrected chi connectivity index (χ4v) is 4.41. The Labute approximate surface area is 167 Å². The molecule has 1 aromatic heterocycles. The SMILES string of the molecule is CCN1Cc2c(n(CCc3ccc(C(F)(F)F)cc3)c3ccc(F)cc23)CC1C. The number of fused-ring (bicyclic) bond motifs is 3. The largest absolute Gasteiger partial charge is 0.416 e. The van der Waals surface area contributed by atoms with Gasteiger partial charge in [-0.15, -0.1) is 0 Å². The van der Waals surface area contributed by atoms with E-state index in [4.69, 9.17) is 0 Å². The highest BCUT2D eigenvalue weighted by atomic mass is 19.4. The van der Waals surface area contributed by atoms with Gasteiger partial charge in [-0.2, -0.15) is 13.2 Å². The molecule has 2 heterocycles. The third kappa shape index (κ3) is 3.78. The van der Waals surface area contributed by atoms with Crippen LogP contribution < -0.4 is 0 Å². The first-order chi connectivity index (χ1) is 13.8. The van der Waals surface area contributed by atoms with Crippen LogP contribution in [0.15, 0.2) is 42.5 Å². The number of hydrogen-bond donors (Lipinski definition) is 0. The van der Waals surface area contributed by atoms with E-state index in [2.05, 4.69) is 23.3 Å². The van der Waals surface area contributed by atoms with Crippen molar-refractivity contribution >= 4 is 10.9 Å². The van der Waals surface area contributed by atoms with E-state index in [0.717, 1.165) is 48.1 Å². The van der Waals surface area contributed by atoms with Gasteiger partial charge in [-0.25, -0.2) is 4.39 Å². The minimum Gasteiger partial charge on any atom is -0.344 e. The maximum atomic E-state index is 13.9. The molecule has 2 aromatic carbocycles. The smallest absolute Gasteiger partial charge is 0.344 e. The van der Waals surface area contributed by atoms with Crippen molar-refractivity contribution in [1.29, 1.82) is 0 Å². The Hall–Kier alpha value is -2.34. The number of aromatic nitrogens is 1. The zero-order chi connectivity index (χ0) is 20.8. The Morgan fingerprint density at radius 3 is 2.45 bits per heavy atom. The molecule has 1 aliphatic rings. The summed E-state index contributed by atoms with van der Waals surface area (Å²) >= 11 is 0. The molecule has 0 radical (unpaired) electrons. The van der Waals surface area contributed by atoms with Gasteiger partial charge in [0.15, 0.2) is 0 Å². The number of nitrogens with zero attached hydrogens (tertiary/aromatic N) is 2. The van der Waals surface area contributed by atoms with Crippen LogP contribution in [0.5, 0.6) is 0 Å². The molecule has 0 saturated carbocycles. The fourth-order valence-electron chi connectivity index (χ4n) is 4.41. The molecule has 0 spiro atoms. The van der Waals surface area contributed by atoms with Crippen molar-refractivity contribution < 1.29 is 17.6 Å². The quantitative estimate of drug-likeness (QED) is 0.498. The molecule has 0 fully saturated rings. The molecule has 0 amide bonds. The van der Waals surface area contributed by atoms with Crippen LogP contribution in [0.4, 0.5) is 17.6 Å². The molecule has 2 nitrogen and oxygen atoms in total. The summed E-state index contributed by atoms with van der Waals surface area (Å²) in [4.78, 5) is 2.38. The normalized spacial score (nSPS) is 17.7. The summed E-state index contributed by atoms with van der Waals surface area (Å²) in [7, 11) is 0. The number of aryl methyl sites for hydroxylation is 2. The van der Waals surface area contributed by atoms with Crippen LogP contribution in [-0.2, 0) is 32.1 Å². The Balaban J connectivity index is 1.66. The Morgan fingerprint density at radius 2 is 1.79 bits per heavy atom. The molecule has 1 unspecified atom stereocenters. The lowest BCUT2D eigenvalue weighted by Gasteiger charge is -2.33. The van der Waals surface area contributed by atoms with Gasteiger partial charge in [0.1, 0.15) is 5.82 Å². The second-order valence-electron chi connectivity index (χ2n) is 7.80. The monoisotopic (exact) mass is 404 g/mol. The van der Waals surface area contributed by atoms with Crippen molar-refractivity contribution in [3.63, 3.8) is 0 Å². The highest BCUT2D eigenvalue weighted by Gasteiger charge is 2.30. The molecule has 3 aromatic rings. The molecular weight excluding hydrogens is 380 g/mol. The number of halogens is 4. The molecule has 6 heteroatoms. The lowest BCUT2D eigenvalue weighted by Crippen LogP contribution is -2.38. The number of rotatable bonds is 4. The van der Waals surface area contributed by atoms with Gasteiger partial charge in [-0.3, -0.25) is 4.90 Å². The van der Waals surface area contributed by atoms with Gasteiger partial charge in [0.2, 0.25) is 0 Å². The van der Waals surface area contributed by atoms with E-state index in [-0.39, 0.29) is 5.82 Å². The average Bonchev–Trinajstić information content (AvgIpc) is 2.97. The summed E-state index contributed by atoms with van der Waals surface area (Å²) < 4.78 is 54.5. The van der Waals surface area contributed by atoms with Crippen molar-refractivity contribution in [2.75, 3.05) is 6.54 Å². The summed E-state index contributed by atoms with van der Waals surface area (Å²) in [6.07, 6.45) is -2.82. The van der Waals surface area contributed by atoms with Crippen LogP contribution in [0.3, 0.4) is 0 Å². The van der Waals surface area contributed by atoms with E-state index in [1.54, 1.807) is 18.2 Å². The first kappa shape index (κ1) is 20.0. The van der Waals surface area contributed by atoms with Crippen LogP contribution >= 0.6 is 0 Å². The van der Waals surface area contributed by atoms with Gasteiger partial charge in [0.05, 0.1) is 5.56 Å². The molecule has 154 valence electrons. The minimum atomic E-state index is -4.32. The summed E-state index contributed by atoms with van der Waals surface area (Å²) in [6, 6.07) is 10.6. The van der Waals surface area contributed by atoms with Gasteiger partial charge in [-0.05, 0) is 61.3 Å². The summed E-state index contributed by atoms with van der Waals surface area (Å²) in [6.45, 7) is 6.72. The van der Waals surface area contributed by atoms with Crippen LogP contribution in [0.1, 0.15) is 36.2 Å². The third-order valence-electron chi connectivity index (χ3n) is 6.03. The van der Waals surface area contributed by atoms with Crippen LogP contribution in [0, 0.1) is 5.82 Å². The van der Waals surface area contributed by atoms with Gasteiger partial charge in [0.25, 0.3) is 0 Å². The second-order valence-corrected chi connectivity index (χ2v) is 7.80. The van der Waals surface area contributed by atoms with E-state index in [9.17, 15) is 17.6 Å². The summed E-state index contributed by atoms with van der Waals surface area (Å²) in [5, 5.41) is 0.942. The fraction of sp³-hybridized carbons (Fsp3) is 0.391. The molecule has 0 aliphatic carbocycles. The van der Waals surface area contributed by atoms with E-state index in [1.807, 2.05) is 6.07 Å². The second kappa shape index (κ2) is 7.48. The van der Waals surface area contributed by atoms with Crippen LogP contribution in [0.2, 0.25) is 0 Å². The zero-order valence-electron chi connectivity index (χ0n) is 16.6. The molecule has 0 saturated heterocycles.